The van der Waals surface area contributed by atoms with Crippen molar-refractivity contribution in [3.63, 3.8) is 0 Å². The van der Waals surface area contributed by atoms with E-state index < -0.39 is 0 Å². The predicted molar refractivity (Wildman–Crippen MR) is 123 cm³/mol. The van der Waals surface area contributed by atoms with Crippen LogP contribution in [0.3, 0.4) is 0 Å². The molecule has 0 aliphatic carbocycles. The van der Waals surface area contributed by atoms with Gasteiger partial charge >= 0.3 is 0 Å². The first-order chi connectivity index (χ1) is 15.0. The third-order valence-corrected chi connectivity index (χ3v) is 6.04. The van der Waals surface area contributed by atoms with Crippen molar-refractivity contribution in [1.82, 2.24) is 28.5 Å². The highest BCUT2D eigenvalue weighted by Crippen LogP contribution is 2.29. The van der Waals surface area contributed by atoms with Gasteiger partial charge in [-0.3, -0.25) is 13.5 Å². The zero-order valence-electron chi connectivity index (χ0n) is 18.0. The minimum atomic E-state index is 0.657. The Morgan fingerprint density at radius 2 is 1.42 bits per heavy atom. The van der Waals surface area contributed by atoms with Crippen LogP contribution in [0.4, 0.5) is 0 Å². The molecule has 4 aromatic heterocycles. The largest absolute Gasteiger partial charge is 0.298 e. The maximum atomic E-state index is 5.07. The van der Waals surface area contributed by atoms with Crippen molar-refractivity contribution < 1.29 is 0 Å². The van der Waals surface area contributed by atoms with E-state index in [1.807, 2.05) is 13.8 Å². The van der Waals surface area contributed by atoms with Crippen molar-refractivity contribution in [2.24, 2.45) is 0 Å². The summed E-state index contributed by atoms with van der Waals surface area (Å²) >= 11 is 0. The van der Waals surface area contributed by atoms with Gasteiger partial charge in [-0.25, -0.2) is 9.97 Å². The van der Waals surface area contributed by atoms with E-state index in [-0.39, 0.29) is 0 Å². The minimum Gasteiger partial charge on any atom is -0.298 e. The molecule has 6 heteroatoms. The predicted octanol–water partition coefficient (Wildman–Crippen LogP) is 5.25. The number of hydrogen-bond acceptors (Lipinski definition) is 3. The summed E-state index contributed by atoms with van der Waals surface area (Å²) in [4.78, 5) is 14.8. The standard InChI is InChI=1S/C25H22N6/c1-15-9-5-6-10-19(15)30-18(4)27-23-17(3)26-25(28-24(23)30)31-21-12-8-7-11-20(21)29-16(2)13-14-22(29)31/h5-14H,1-4H3. The molecule has 0 saturated carbocycles. The van der Waals surface area contributed by atoms with Gasteiger partial charge in [-0.2, -0.15) is 4.98 Å². The van der Waals surface area contributed by atoms with Crippen molar-refractivity contribution >= 4 is 27.8 Å². The van der Waals surface area contributed by atoms with E-state index in [1.54, 1.807) is 0 Å². The van der Waals surface area contributed by atoms with Crippen molar-refractivity contribution in [3.8, 4) is 11.6 Å². The Hall–Kier alpha value is -3.93. The lowest BCUT2D eigenvalue weighted by atomic mass is 10.2. The van der Waals surface area contributed by atoms with Gasteiger partial charge in [-0.15, -0.1) is 0 Å². The molecule has 2 aromatic carbocycles. The number of aryl methyl sites for hydroxylation is 4. The lowest BCUT2D eigenvalue weighted by Crippen LogP contribution is -2.06. The molecule has 6 rings (SSSR count). The van der Waals surface area contributed by atoms with Crippen LogP contribution in [0, 0.1) is 27.7 Å². The van der Waals surface area contributed by atoms with Gasteiger partial charge in [0.25, 0.3) is 0 Å². The summed E-state index contributed by atoms with van der Waals surface area (Å²) in [7, 11) is 0. The van der Waals surface area contributed by atoms with E-state index in [0.717, 1.165) is 45.1 Å². The molecule has 0 atom stereocenters. The fraction of sp³-hybridized carbons (Fsp3) is 0.160. The Balaban J connectivity index is 1.73. The first kappa shape index (κ1) is 17.9. The Labute approximate surface area is 179 Å². The van der Waals surface area contributed by atoms with Gasteiger partial charge < -0.3 is 0 Å². The van der Waals surface area contributed by atoms with Gasteiger partial charge in [0.15, 0.2) is 5.65 Å². The second-order valence-corrected chi connectivity index (χ2v) is 8.05. The quantitative estimate of drug-likeness (QED) is 0.395. The molecular formula is C25H22N6. The Morgan fingerprint density at radius 3 is 2.23 bits per heavy atom. The fourth-order valence-corrected chi connectivity index (χ4v) is 4.58. The Morgan fingerprint density at radius 1 is 0.677 bits per heavy atom. The first-order valence-electron chi connectivity index (χ1n) is 10.4. The van der Waals surface area contributed by atoms with Crippen molar-refractivity contribution in [2.75, 3.05) is 0 Å². The van der Waals surface area contributed by atoms with E-state index >= 15 is 0 Å². The van der Waals surface area contributed by atoms with Crippen LogP contribution >= 0.6 is 0 Å². The third kappa shape index (κ3) is 2.42. The molecule has 0 aliphatic rings. The maximum absolute atomic E-state index is 5.07. The van der Waals surface area contributed by atoms with E-state index in [4.69, 9.17) is 15.0 Å². The van der Waals surface area contributed by atoms with Gasteiger partial charge in [0, 0.05) is 5.69 Å². The van der Waals surface area contributed by atoms with Gasteiger partial charge in [0.1, 0.15) is 17.0 Å². The summed E-state index contributed by atoms with van der Waals surface area (Å²) < 4.78 is 6.52. The number of aromatic nitrogens is 6. The molecule has 0 amide bonds. The average Bonchev–Trinajstić information content (AvgIpc) is 3.40. The maximum Gasteiger partial charge on any atom is 0.238 e. The molecule has 0 aliphatic heterocycles. The van der Waals surface area contributed by atoms with Crippen molar-refractivity contribution in [1.29, 1.82) is 0 Å². The van der Waals surface area contributed by atoms with E-state index in [0.29, 0.717) is 5.95 Å². The average molecular weight is 406 g/mol. The van der Waals surface area contributed by atoms with Gasteiger partial charge in [-0.1, -0.05) is 30.3 Å². The summed E-state index contributed by atoms with van der Waals surface area (Å²) in [5, 5.41) is 0. The van der Waals surface area contributed by atoms with Crippen molar-refractivity contribution in [3.05, 3.63) is 83.4 Å². The molecule has 0 bridgehead atoms. The number of imidazole rings is 2. The summed E-state index contributed by atoms with van der Waals surface area (Å²) in [5.74, 6) is 1.56. The van der Waals surface area contributed by atoms with Crippen LogP contribution in [0.15, 0.2) is 60.7 Å². The summed E-state index contributed by atoms with van der Waals surface area (Å²) in [6.07, 6.45) is 0. The molecule has 0 fully saturated rings. The molecule has 0 saturated heterocycles. The normalized spacial score (nSPS) is 11.9. The monoisotopic (exact) mass is 406 g/mol. The molecule has 4 heterocycles. The van der Waals surface area contributed by atoms with Gasteiger partial charge in [0.05, 0.1) is 22.4 Å². The summed E-state index contributed by atoms with van der Waals surface area (Å²) in [5.41, 5.74) is 9.27. The third-order valence-electron chi connectivity index (χ3n) is 6.04. The fourth-order valence-electron chi connectivity index (χ4n) is 4.58. The summed E-state index contributed by atoms with van der Waals surface area (Å²) in [6.45, 7) is 8.26. The van der Waals surface area contributed by atoms with Crippen LogP contribution in [0.5, 0.6) is 0 Å². The van der Waals surface area contributed by atoms with Gasteiger partial charge in [-0.05, 0) is 63.6 Å². The smallest absolute Gasteiger partial charge is 0.238 e. The second-order valence-electron chi connectivity index (χ2n) is 8.05. The van der Waals surface area contributed by atoms with Crippen LogP contribution in [0.1, 0.15) is 22.8 Å². The van der Waals surface area contributed by atoms with Crippen LogP contribution in [0.2, 0.25) is 0 Å². The first-order valence-corrected chi connectivity index (χ1v) is 10.4. The van der Waals surface area contributed by atoms with Crippen LogP contribution in [0.25, 0.3) is 39.5 Å². The zero-order valence-corrected chi connectivity index (χ0v) is 18.0. The van der Waals surface area contributed by atoms with Crippen LogP contribution < -0.4 is 0 Å². The SMILES string of the molecule is Cc1ccccc1-n1c(C)nc2c(C)nc(-n3c4ccccc4n4c(C)ccc34)nc21. The highest BCUT2D eigenvalue weighted by Gasteiger charge is 2.20. The molecule has 31 heavy (non-hydrogen) atoms. The lowest BCUT2D eigenvalue weighted by Gasteiger charge is -2.11. The summed E-state index contributed by atoms with van der Waals surface area (Å²) in [6, 6.07) is 21.0. The lowest BCUT2D eigenvalue weighted by molar-refractivity contribution is 0.943. The number of rotatable bonds is 2. The van der Waals surface area contributed by atoms with Crippen molar-refractivity contribution in [2.45, 2.75) is 27.7 Å². The van der Waals surface area contributed by atoms with Gasteiger partial charge in [0.2, 0.25) is 5.95 Å². The number of benzene rings is 2. The topological polar surface area (TPSA) is 52.9 Å². The number of para-hydroxylation sites is 3. The molecule has 0 spiro atoms. The molecule has 6 aromatic rings. The molecule has 0 unspecified atom stereocenters. The van der Waals surface area contributed by atoms with E-state index in [2.05, 4.69) is 88.0 Å². The molecule has 152 valence electrons. The number of hydrogen-bond donors (Lipinski definition) is 0. The molecule has 0 N–H and O–H groups in total. The van der Waals surface area contributed by atoms with Crippen LogP contribution in [-0.4, -0.2) is 28.5 Å². The minimum absolute atomic E-state index is 0.657. The highest BCUT2D eigenvalue weighted by molar-refractivity contribution is 5.85. The van der Waals surface area contributed by atoms with E-state index in [1.165, 1.54) is 11.3 Å². The Bertz CT molecular complexity index is 1630. The number of nitrogens with zero attached hydrogens (tertiary/aromatic N) is 6. The Kier molecular flexibility index (Phi) is 3.63. The van der Waals surface area contributed by atoms with E-state index in [9.17, 15) is 0 Å². The second kappa shape index (κ2) is 6.28. The number of fused-ring (bicyclic) bond motifs is 4. The zero-order chi connectivity index (χ0) is 21.3. The molecular weight excluding hydrogens is 384 g/mol. The molecule has 6 nitrogen and oxygen atoms in total. The molecule has 0 radical (unpaired) electrons. The highest BCUT2D eigenvalue weighted by atomic mass is 15.3. The van der Waals surface area contributed by atoms with Crippen LogP contribution in [-0.2, 0) is 0 Å².